The lowest BCUT2D eigenvalue weighted by Gasteiger charge is -2.31. The Bertz CT molecular complexity index is 1460. The number of fused-ring (bicyclic) bond motifs is 1. The van der Waals surface area contributed by atoms with Gasteiger partial charge >= 0.3 is 0 Å². The number of nitrogens with zero attached hydrogens (tertiary/aromatic N) is 1. The van der Waals surface area contributed by atoms with Crippen LogP contribution in [0, 0.1) is 0 Å². The Morgan fingerprint density at radius 1 is 1.03 bits per heavy atom. The lowest BCUT2D eigenvalue weighted by atomic mass is 10.0. The molecule has 8 heteroatoms. The number of anilines is 1. The third kappa shape index (κ3) is 6.18. The summed E-state index contributed by atoms with van der Waals surface area (Å²) in [7, 11) is -1.39. The van der Waals surface area contributed by atoms with Crippen LogP contribution in [-0.2, 0) is 25.9 Å². The number of ether oxygens (including phenoxy) is 1. The van der Waals surface area contributed by atoms with E-state index in [1.54, 1.807) is 30.3 Å². The molecule has 1 amide bonds. The minimum absolute atomic E-state index is 0.118. The standard InChI is InChI=1S/C30H31ClN2O4S/c1-33(28-11-14-37-15-12-28)20-21-5-8-27(9-6-21)32-30(34)24-13-16-38(35,36)29-10-7-23(17-25(29)18-24)22-3-2-4-26(31)19-22/h2-10,17-19,28H,11-16,20H2,1H3,(H,32,34). The van der Waals surface area contributed by atoms with Crippen molar-refractivity contribution in [1.29, 1.82) is 0 Å². The SMILES string of the molecule is CN(Cc1ccc(NC(=O)C2=Cc3cc(-c4cccc(Cl)c4)ccc3S(=O)(=O)CC2)cc1)C1CCOCC1. The van der Waals surface area contributed by atoms with Crippen LogP contribution >= 0.6 is 11.6 Å². The third-order valence-electron chi connectivity index (χ3n) is 7.22. The van der Waals surface area contributed by atoms with E-state index in [4.69, 9.17) is 16.3 Å². The number of amides is 1. The van der Waals surface area contributed by atoms with E-state index in [2.05, 4.69) is 17.3 Å². The van der Waals surface area contributed by atoms with Gasteiger partial charge < -0.3 is 10.1 Å². The van der Waals surface area contributed by atoms with Crippen molar-refractivity contribution in [3.05, 3.63) is 88.5 Å². The van der Waals surface area contributed by atoms with Crippen LogP contribution in [0.4, 0.5) is 5.69 Å². The minimum Gasteiger partial charge on any atom is -0.381 e. The number of benzene rings is 3. The zero-order valence-electron chi connectivity index (χ0n) is 21.3. The van der Waals surface area contributed by atoms with Crippen molar-refractivity contribution in [2.24, 2.45) is 0 Å². The molecule has 0 spiro atoms. The first-order valence-electron chi connectivity index (χ1n) is 12.8. The summed E-state index contributed by atoms with van der Waals surface area (Å²) in [5.41, 5.74) is 4.49. The van der Waals surface area contributed by atoms with E-state index in [1.807, 2.05) is 42.5 Å². The van der Waals surface area contributed by atoms with Crippen LogP contribution in [-0.4, -0.2) is 51.3 Å². The molecule has 3 aromatic carbocycles. The molecule has 6 nitrogen and oxygen atoms in total. The van der Waals surface area contributed by atoms with Crippen LogP contribution in [0.2, 0.25) is 5.02 Å². The van der Waals surface area contributed by atoms with Crippen molar-refractivity contribution in [2.45, 2.75) is 36.7 Å². The number of carbonyl (C=O) groups is 1. The van der Waals surface area contributed by atoms with Crippen molar-refractivity contribution < 1.29 is 17.9 Å². The molecule has 2 aliphatic rings. The van der Waals surface area contributed by atoms with Crippen molar-refractivity contribution in [3.63, 3.8) is 0 Å². The molecule has 1 fully saturated rings. The Hall–Kier alpha value is -2.97. The molecule has 0 radical (unpaired) electrons. The Kier molecular flexibility index (Phi) is 8.00. The van der Waals surface area contributed by atoms with E-state index < -0.39 is 9.84 Å². The topological polar surface area (TPSA) is 75.7 Å². The molecule has 5 rings (SSSR count). The highest BCUT2D eigenvalue weighted by Gasteiger charge is 2.25. The van der Waals surface area contributed by atoms with Crippen LogP contribution in [0.3, 0.4) is 0 Å². The van der Waals surface area contributed by atoms with Crippen molar-refractivity contribution >= 4 is 39.1 Å². The Labute approximate surface area is 229 Å². The predicted molar refractivity (Wildman–Crippen MR) is 152 cm³/mol. The fourth-order valence-corrected chi connectivity index (χ4v) is 6.68. The largest absolute Gasteiger partial charge is 0.381 e. The van der Waals surface area contributed by atoms with E-state index in [1.165, 1.54) is 5.56 Å². The molecule has 38 heavy (non-hydrogen) atoms. The fourth-order valence-electron chi connectivity index (χ4n) is 5.03. The molecule has 198 valence electrons. The van der Waals surface area contributed by atoms with Crippen molar-refractivity contribution in [3.8, 4) is 11.1 Å². The monoisotopic (exact) mass is 550 g/mol. The Morgan fingerprint density at radius 2 is 1.76 bits per heavy atom. The van der Waals surface area contributed by atoms with Crippen molar-refractivity contribution in [2.75, 3.05) is 31.3 Å². The number of carbonyl (C=O) groups excluding carboxylic acids is 1. The van der Waals surface area contributed by atoms with E-state index in [0.29, 0.717) is 27.9 Å². The maximum atomic E-state index is 13.2. The summed E-state index contributed by atoms with van der Waals surface area (Å²) in [6, 6.07) is 20.9. The number of hydrogen-bond donors (Lipinski definition) is 1. The van der Waals surface area contributed by atoms with Gasteiger partial charge in [0.05, 0.1) is 10.6 Å². The molecule has 0 bridgehead atoms. The molecule has 1 N–H and O–H groups in total. The van der Waals surface area contributed by atoms with E-state index >= 15 is 0 Å². The second-order valence-electron chi connectivity index (χ2n) is 9.91. The molecule has 2 heterocycles. The van der Waals surface area contributed by atoms with Crippen LogP contribution in [0.1, 0.15) is 30.4 Å². The van der Waals surface area contributed by atoms with Gasteiger partial charge in [0, 0.05) is 42.1 Å². The number of rotatable bonds is 6. The summed E-state index contributed by atoms with van der Waals surface area (Å²) < 4.78 is 31.4. The molecular formula is C30H31ClN2O4S. The van der Waals surface area contributed by atoms with Crippen LogP contribution in [0.5, 0.6) is 0 Å². The molecule has 2 aliphatic heterocycles. The van der Waals surface area contributed by atoms with E-state index in [9.17, 15) is 13.2 Å². The minimum atomic E-state index is -3.52. The molecular weight excluding hydrogens is 520 g/mol. The van der Waals surface area contributed by atoms with E-state index in [-0.39, 0.29) is 23.0 Å². The number of sulfone groups is 1. The lowest BCUT2D eigenvalue weighted by molar-refractivity contribution is -0.112. The normalized spacial score (nSPS) is 17.4. The maximum Gasteiger partial charge on any atom is 0.251 e. The van der Waals surface area contributed by atoms with Gasteiger partial charge in [-0.3, -0.25) is 9.69 Å². The summed E-state index contributed by atoms with van der Waals surface area (Å²) in [5, 5.41) is 3.54. The highest BCUT2D eigenvalue weighted by Crippen LogP contribution is 2.32. The summed E-state index contributed by atoms with van der Waals surface area (Å²) in [5.74, 6) is -0.416. The quantitative estimate of drug-likeness (QED) is 0.419. The first-order valence-corrected chi connectivity index (χ1v) is 14.8. The van der Waals surface area contributed by atoms with Gasteiger partial charge in [0.25, 0.3) is 5.91 Å². The van der Waals surface area contributed by atoms with Crippen LogP contribution in [0.25, 0.3) is 17.2 Å². The molecule has 0 aliphatic carbocycles. The fraction of sp³-hybridized carbons (Fsp3) is 0.300. The smallest absolute Gasteiger partial charge is 0.251 e. The molecule has 0 aromatic heterocycles. The number of hydrogen-bond acceptors (Lipinski definition) is 5. The third-order valence-corrected chi connectivity index (χ3v) is 9.24. The van der Waals surface area contributed by atoms with Gasteiger partial charge in [0.2, 0.25) is 0 Å². The number of halogens is 1. The average Bonchev–Trinajstić information content (AvgIpc) is 3.05. The van der Waals surface area contributed by atoms with Gasteiger partial charge in [-0.1, -0.05) is 41.9 Å². The highest BCUT2D eigenvalue weighted by molar-refractivity contribution is 7.91. The van der Waals surface area contributed by atoms with Crippen molar-refractivity contribution in [1.82, 2.24) is 4.90 Å². The van der Waals surface area contributed by atoms with Gasteiger partial charge in [-0.2, -0.15) is 0 Å². The van der Waals surface area contributed by atoms with E-state index in [0.717, 1.165) is 43.7 Å². The second kappa shape index (κ2) is 11.4. The molecule has 0 atom stereocenters. The number of nitrogens with one attached hydrogen (secondary N) is 1. The van der Waals surface area contributed by atoms with Gasteiger partial charge in [-0.15, -0.1) is 0 Å². The summed E-state index contributed by atoms with van der Waals surface area (Å²) in [4.78, 5) is 15.8. The Morgan fingerprint density at radius 3 is 2.50 bits per heavy atom. The summed E-state index contributed by atoms with van der Waals surface area (Å²) >= 11 is 6.15. The first kappa shape index (κ1) is 26.6. The highest BCUT2D eigenvalue weighted by atomic mass is 35.5. The van der Waals surface area contributed by atoms with Gasteiger partial charge in [-0.25, -0.2) is 8.42 Å². The average molecular weight is 551 g/mol. The van der Waals surface area contributed by atoms with Gasteiger partial charge in [0.15, 0.2) is 9.84 Å². The van der Waals surface area contributed by atoms with Crippen LogP contribution in [0.15, 0.2) is 77.2 Å². The lowest BCUT2D eigenvalue weighted by Crippen LogP contribution is -2.36. The molecule has 3 aromatic rings. The maximum absolute atomic E-state index is 13.2. The zero-order chi connectivity index (χ0) is 26.7. The van der Waals surface area contributed by atoms with Gasteiger partial charge in [-0.05, 0) is 91.0 Å². The predicted octanol–water partition coefficient (Wildman–Crippen LogP) is 5.82. The Balaban J connectivity index is 1.32. The molecule has 0 saturated carbocycles. The summed E-state index contributed by atoms with van der Waals surface area (Å²) in [6.07, 6.45) is 3.92. The first-order chi connectivity index (χ1) is 18.3. The van der Waals surface area contributed by atoms with Gasteiger partial charge in [0.1, 0.15) is 0 Å². The van der Waals surface area contributed by atoms with Crippen LogP contribution < -0.4 is 5.32 Å². The summed E-state index contributed by atoms with van der Waals surface area (Å²) in [6.45, 7) is 2.45. The zero-order valence-corrected chi connectivity index (χ0v) is 22.9. The second-order valence-corrected chi connectivity index (χ2v) is 12.4. The molecule has 0 unspecified atom stereocenters. The molecule has 1 saturated heterocycles.